The first-order chi connectivity index (χ1) is 22.2. The molecular formula is C32H62O14. The SMILES string of the molecule is CCCCCCCCCCCCCCCCOC(O[C@@H]1[C@@H](O)[C@@H](O[C@H]2[C@H](O)[C@@H](O)[C@H](O)O[C@@H]2CO)O[C@H](CO)[C@H]1O)[C@H](CO)OC. The zero-order valence-corrected chi connectivity index (χ0v) is 27.7. The van der Waals surface area contributed by atoms with Crippen LogP contribution in [0.3, 0.4) is 0 Å². The predicted molar refractivity (Wildman–Crippen MR) is 165 cm³/mol. The fourth-order valence-corrected chi connectivity index (χ4v) is 5.87. The highest BCUT2D eigenvalue weighted by Crippen LogP contribution is 2.31. The van der Waals surface area contributed by atoms with E-state index in [4.69, 9.17) is 28.4 Å². The highest BCUT2D eigenvalue weighted by Gasteiger charge is 2.51. The lowest BCUT2D eigenvalue weighted by Gasteiger charge is -2.46. The van der Waals surface area contributed by atoms with E-state index in [9.17, 15) is 40.9 Å². The predicted octanol–water partition coefficient (Wildman–Crippen LogP) is 0.458. The van der Waals surface area contributed by atoms with Gasteiger partial charge in [0.05, 0.1) is 19.8 Å². The van der Waals surface area contributed by atoms with E-state index in [2.05, 4.69) is 6.92 Å². The first-order valence-electron chi connectivity index (χ1n) is 17.2. The van der Waals surface area contributed by atoms with E-state index < -0.39 is 93.6 Å². The van der Waals surface area contributed by atoms with E-state index in [0.717, 1.165) is 25.7 Å². The van der Waals surface area contributed by atoms with Crippen LogP contribution in [0.25, 0.3) is 0 Å². The van der Waals surface area contributed by atoms with Crippen LogP contribution in [0, 0.1) is 0 Å². The first-order valence-corrected chi connectivity index (χ1v) is 17.2. The molecule has 14 heteroatoms. The van der Waals surface area contributed by atoms with Gasteiger partial charge in [-0.2, -0.15) is 0 Å². The fraction of sp³-hybridized carbons (Fsp3) is 1.00. The van der Waals surface area contributed by atoms with Gasteiger partial charge in [-0.15, -0.1) is 0 Å². The van der Waals surface area contributed by atoms with Crippen molar-refractivity contribution in [3.8, 4) is 0 Å². The van der Waals surface area contributed by atoms with Crippen molar-refractivity contribution < 1.29 is 69.3 Å². The van der Waals surface area contributed by atoms with Crippen molar-refractivity contribution in [1.82, 2.24) is 0 Å². The second-order valence-electron chi connectivity index (χ2n) is 12.4. The number of hydrogen-bond donors (Lipinski definition) is 8. The van der Waals surface area contributed by atoms with Gasteiger partial charge in [0, 0.05) is 13.7 Å². The maximum absolute atomic E-state index is 11.1. The smallest absolute Gasteiger partial charge is 0.187 e. The molecule has 2 aliphatic heterocycles. The van der Waals surface area contributed by atoms with Crippen LogP contribution in [0.15, 0.2) is 0 Å². The summed E-state index contributed by atoms with van der Waals surface area (Å²) < 4.78 is 33.4. The summed E-state index contributed by atoms with van der Waals surface area (Å²) in [6.45, 7) is 0.621. The molecule has 0 bridgehead atoms. The lowest BCUT2D eigenvalue weighted by Crippen LogP contribution is -2.65. The average Bonchev–Trinajstić information content (AvgIpc) is 3.05. The number of ether oxygens (including phenoxy) is 6. The third-order valence-electron chi connectivity index (χ3n) is 8.81. The number of unbranched alkanes of at least 4 members (excludes halogenated alkanes) is 13. The lowest BCUT2D eigenvalue weighted by molar-refractivity contribution is -0.368. The Balaban J connectivity index is 1.85. The minimum absolute atomic E-state index is 0.269. The van der Waals surface area contributed by atoms with Crippen LogP contribution in [0.5, 0.6) is 0 Å². The van der Waals surface area contributed by atoms with Gasteiger partial charge in [0.1, 0.15) is 54.9 Å². The second kappa shape index (κ2) is 23.7. The Kier molecular flexibility index (Phi) is 21.5. The Labute approximate surface area is 273 Å². The summed E-state index contributed by atoms with van der Waals surface area (Å²) in [6, 6.07) is 0. The Morgan fingerprint density at radius 1 is 0.609 bits per heavy atom. The van der Waals surface area contributed by atoms with Crippen LogP contribution in [0.1, 0.15) is 96.8 Å². The van der Waals surface area contributed by atoms with Crippen LogP contribution in [-0.4, -0.2) is 148 Å². The molecule has 12 atom stereocenters. The molecule has 0 aliphatic carbocycles. The summed E-state index contributed by atoms with van der Waals surface area (Å²) in [7, 11) is 1.35. The van der Waals surface area contributed by atoms with E-state index in [1.807, 2.05) is 0 Å². The molecule has 0 radical (unpaired) electrons. The Hall–Kier alpha value is -0.560. The van der Waals surface area contributed by atoms with Crippen molar-refractivity contribution >= 4 is 0 Å². The van der Waals surface area contributed by atoms with Gasteiger partial charge in [0.2, 0.25) is 0 Å². The second-order valence-corrected chi connectivity index (χ2v) is 12.4. The van der Waals surface area contributed by atoms with Gasteiger partial charge in [0.25, 0.3) is 0 Å². The number of hydrogen-bond acceptors (Lipinski definition) is 14. The Morgan fingerprint density at radius 2 is 1.15 bits per heavy atom. The minimum atomic E-state index is -1.78. The number of aliphatic hydroxyl groups is 8. The molecule has 2 saturated heterocycles. The molecule has 2 fully saturated rings. The summed E-state index contributed by atoms with van der Waals surface area (Å²) in [5.74, 6) is 0. The van der Waals surface area contributed by atoms with Gasteiger partial charge >= 0.3 is 0 Å². The fourth-order valence-electron chi connectivity index (χ4n) is 5.87. The zero-order valence-electron chi connectivity index (χ0n) is 27.7. The number of aliphatic hydroxyl groups excluding tert-OH is 8. The van der Waals surface area contributed by atoms with Crippen molar-refractivity contribution in [2.45, 2.75) is 171 Å². The van der Waals surface area contributed by atoms with Crippen LogP contribution in [0.4, 0.5) is 0 Å². The van der Waals surface area contributed by atoms with Crippen LogP contribution in [0.2, 0.25) is 0 Å². The maximum atomic E-state index is 11.1. The van der Waals surface area contributed by atoms with Crippen molar-refractivity contribution in [2.75, 3.05) is 33.5 Å². The molecule has 0 amide bonds. The van der Waals surface area contributed by atoms with Gasteiger partial charge < -0.3 is 69.3 Å². The van der Waals surface area contributed by atoms with Crippen molar-refractivity contribution in [3.05, 3.63) is 0 Å². The summed E-state index contributed by atoms with van der Waals surface area (Å²) in [5, 5.41) is 81.6. The van der Waals surface area contributed by atoms with Crippen molar-refractivity contribution in [2.24, 2.45) is 0 Å². The Morgan fingerprint density at radius 3 is 1.65 bits per heavy atom. The molecule has 0 aromatic heterocycles. The highest BCUT2D eigenvalue weighted by molar-refractivity contribution is 4.94. The van der Waals surface area contributed by atoms with E-state index in [1.54, 1.807) is 0 Å². The third kappa shape index (κ3) is 13.4. The molecule has 0 saturated carbocycles. The van der Waals surface area contributed by atoms with Gasteiger partial charge in [-0.05, 0) is 6.42 Å². The molecule has 1 unspecified atom stereocenters. The molecule has 2 rings (SSSR count). The van der Waals surface area contributed by atoms with Gasteiger partial charge in [-0.25, -0.2) is 0 Å². The molecular weight excluding hydrogens is 608 g/mol. The highest BCUT2D eigenvalue weighted by atomic mass is 16.7. The lowest BCUT2D eigenvalue weighted by atomic mass is 9.97. The van der Waals surface area contributed by atoms with Gasteiger partial charge in [-0.3, -0.25) is 0 Å². The van der Waals surface area contributed by atoms with Crippen LogP contribution in [-0.2, 0) is 28.4 Å². The zero-order chi connectivity index (χ0) is 33.9. The molecule has 274 valence electrons. The molecule has 14 nitrogen and oxygen atoms in total. The van der Waals surface area contributed by atoms with Crippen LogP contribution < -0.4 is 0 Å². The van der Waals surface area contributed by atoms with E-state index in [1.165, 1.54) is 71.3 Å². The summed E-state index contributed by atoms with van der Waals surface area (Å²) >= 11 is 0. The van der Waals surface area contributed by atoms with E-state index in [0.29, 0.717) is 0 Å². The minimum Gasteiger partial charge on any atom is -0.394 e. The van der Waals surface area contributed by atoms with Crippen molar-refractivity contribution in [3.63, 3.8) is 0 Å². The molecule has 0 aromatic carbocycles. The van der Waals surface area contributed by atoms with Gasteiger partial charge in [-0.1, -0.05) is 90.4 Å². The van der Waals surface area contributed by atoms with E-state index in [-0.39, 0.29) is 6.61 Å². The third-order valence-corrected chi connectivity index (χ3v) is 8.81. The molecule has 2 heterocycles. The quantitative estimate of drug-likeness (QED) is 0.0489. The Bertz CT molecular complexity index is 744. The van der Waals surface area contributed by atoms with Crippen molar-refractivity contribution in [1.29, 1.82) is 0 Å². The molecule has 0 aromatic rings. The standard InChI is InChI=1S/C32H62O14/c1-3-4-5-6-7-8-9-10-11-12-13-14-15-16-17-42-31(23(20-35)41-2)46-29-24(36)21(18-33)44-32(27(29)39)45-28-22(19-34)43-30(40)26(38)25(28)37/h21-40H,3-20H2,1-2H3/t21-,22-,23+,24-,25-,26-,27-,28-,29+,30-,31?,32-/m1/s1. The summed E-state index contributed by atoms with van der Waals surface area (Å²) in [4.78, 5) is 0. The molecule has 46 heavy (non-hydrogen) atoms. The van der Waals surface area contributed by atoms with Gasteiger partial charge in [0.15, 0.2) is 18.9 Å². The first kappa shape index (κ1) is 41.6. The molecule has 2 aliphatic rings. The summed E-state index contributed by atoms with van der Waals surface area (Å²) in [5.41, 5.74) is 0. The monoisotopic (exact) mass is 670 g/mol. The largest absolute Gasteiger partial charge is 0.394 e. The van der Waals surface area contributed by atoms with E-state index >= 15 is 0 Å². The summed E-state index contributed by atoms with van der Waals surface area (Å²) in [6.07, 6.45) is -1.01. The normalized spacial score (nSPS) is 33.3. The number of rotatable bonds is 25. The molecule has 0 spiro atoms. The van der Waals surface area contributed by atoms with Crippen LogP contribution >= 0.6 is 0 Å². The maximum Gasteiger partial charge on any atom is 0.187 e. The molecule has 8 N–H and O–H groups in total. The topological polar surface area (TPSA) is 217 Å². The number of methoxy groups -OCH3 is 1. The average molecular weight is 671 g/mol.